The Kier molecular flexibility index (Phi) is 5.50. The molecule has 0 aromatic heterocycles. The third-order valence-corrected chi connectivity index (χ3v) is 2.07. The highest BCUT2D eigenvalue weighted by Crippen LogP contribution is 2.21. The smallest absolute Gasteiger partial charge is 0.135 e. The summed E-state index contributed by atoms with van der Waals surface area (Å²) in [7, 11) is 0. The van der Waals surface area contributed by atoms with Gasteiger partial charge in [-0.3, -0.25) is 4.79 Å². The Bertz CT molecular complexity index is 194. The molecule has 0 unspecified atom stereocenters. The molecule has 2 nitrogen and oxygen atoms in total. The third-order valence-electron chi connectivity index (χ3n) is 2.07. The molecule has 0 heterocycles. The molecule has 0 spiro atoms. The van der Waals surface area contributed by atoms with Crippen molar-refractivity contribution in [2.45, 2.75) is 66.4 Å². The van der Waals surface area contributed by atoms with E-state index in [9.17, 15) is 4.79 Å². The van der Waals surface area contributed by atoms with Crippen LogP contribution in [-0.2, 0) is 9.53 Å². The number of carbonyl (C=O) groups excluding carboxylic acids is 1. The lowest BCUT2D eigenvalue weighted by molar-refractivity contribution is -0.121. The van der Waals surface area contributed by atoms with Crippen molar-refractivity contribution in [2.24, 2.45) is 5.41 Å². The van der Waals surface area contributed by atoms with E-state index < -0.39 is 0 Å². The van der Waals surface area contributed by atoms with Crippen LogP contribution in [0.15, 0.2) is 0 Å². The third kappa shape index (κ3) is 11.6. The summed E-state index contributed by atoms with van der Waals surface area (Å²) in [5.41, 5.74) is 0.116. The van der Waals surface area contributed by atoms with Gasteiger partial charge in [0.05, 0.1) is 12.2 Å². The summed E-state index contributed by atoms with van der Waals surface area (Å²) in [4.78, 5) is 11.5. The zero-order valence-corrected chi connectivity index (χ0v) is 11.1. The summed E-state index contributed by atoms with van der Waals surface area (Å²) in [5.74, 6) is 0.314. The van der Waals surface area contributed by atoms with Crippen LogP contribution in [0.4, 0.5) is 0 Å². The number of ketones is 1. The van der Waals surface area contributed by atoms with Gasteiger partial charge in [-0.1, -0.05) is 20.8 Å². The SMILES string of the molecule is CC(C)(C)CCC(=O)CCOC(C)(C)C. The van der Waals surface area contributed by atoms with Crippen LogP contribution in [-0.4, -0.2) is 18.0 Å². The molecule has 0 aromatic carbocycles. The van der Waals surface area contributed by atoms with E-state index in [1.165, 1.54) is 0 Å². The first-order valence-corrected chi connectivity index (χ1v) is 5.76. The molecule has 0 aliphatic rings. The molecule has 15 heavy (non-hydrogen) atoms. The highest BCUT2D eigenvalue weighted by molar-refractivity contribution is 5.78. The molecule has 0 amide bonds. The highest BCUT2D eigenvalue weighted by Gasteiger charge is 2.14. The largest absolute Gasteiger partial charge is 0.375 e. The van der Waals surface area contributed by atoms with Crippen LogP contribution in [0.3, 0.4) is 0 Å². The van der Waals surface area contributed by atoms with Gasteiger partial charge in [-0.2, -0.15) is 0 Å². The number of Topliss-reactive ketones (excluding diaryl/α,β-unsaturated/α-hetero) is 1. The van der Waals surface area contributed by atoms with Gasteiger partial charge < -0.3 is 4.74 Å². The van der Waals surface area contributed by atoms with E-state index in [0.717, 1.165) is 6.42 Å². The zero-order valence-electron chi connectivity index (χ0n) is 11.1. The van der Waals surface area contributed by atoms with Crippen LogP contribution >= 0.6 is 0 Å². The summed E-state index contributed by atoms with van der Waals surface area (Å²) >= 11 is 0. The molecular weight excluding hydrogens is 188 g/mol. The van der Waals surface area contributed by atoms with Crippen LogP contribution < -0.4 is 0 Å². The number of carbonyl (C=O) groups is 1. The van der Waals surface area contributed by atoms with Crippen molar-refractivity contribution in [1.82, 2.24) is 0 Å². The highest BCUT2D eigenvalue weighted by atomic mass is 16.5. The molecule has 0 aliphatic heterocycles. The molecule has 90 valence electrons. The zero-order chi connectivity index (χ0) is 12.1. The lowest BCUT2D eigenvalue weighted by Gasteiger charge is -2.20. The van der Waals surface area contributed by atoms with Crippen LogP contribution in [0.2, 0.25) is 0 Å². The lowest BCUT2D eigenvalue weighted by atomic mass is 9.89. The van der Waals surface area contributed by atoms with E-state index >= 15 is 0 Å². The average Bonchev–Trinajstić information content (AvgIpc) is 1.97. The first-order chi connectivity index (χ1) is 6.60. The number of hydrogen-bond donors (Lipinski definition) is 0. The quantitative estimate of drug-likeness (QED) is 0.699. The van der Waals surface area contributed by atoms with E-state index in [2.05, 4.69) is 20.8 Å². The molecule has 0 saturated carbocycles. The maximum absolute atomic E-state index is 11.5. The Morgan fingerprint density at radius 1 is 1.00 bits per heavy atom. The fourth-order valence-electron chi connectivity index (χ4n) is 1.11. The summed E-state index contributed by atoms with van der Waals surface area (Å²) in [6, 6.07) is 0. The molecule has 0 aliphatic carbocycles. The second-order valence-corrected chi connectivity index (χ2v) is 6.31. The lowest BCUT2D eigenvalue weighted by Crippen LogP contribution is -2.21. The van der Waals surface area contributed by atoms with E-state index in [1.807, 2.05) is 20.8 Å². The average molecular weight is 214 g/mol. The molecule has 0 saturated heterocycles. The Balaban J connectivity index is 3.60. The first kappa shape index (κ1) is 14.6. The van der Waals surface area contributed by atoms with Gasteiger partial charge in [0.25, 0.3) is 0 Å². The van der Waals surface area contributed by atoms with Gasteiger partial charge in [-0.15, -0.1) is 0 Å². The number of rotatable bonds is 5. The minimum atomic E-state index is -0.135. The van der Waals surface area contributed by atoms with Crippen LogP contribution in [0, 0.1) is 5.41 Å². The van der Waals surface area contributed by atoms with Crippen molar-refractivity contribution >= 4 is 5.78 Å². The van der Waals surface area contributed by atoms with Gasteiger partial charge in [0.1, 0.15) is 5.78 Å². The molecule has 0 bridgehead atoms. The van der Waals surface area contributed by atoms with Gasteiger partial charge in [0.2, 0.25) is 0 Å². The van der Waals surface area contributed by atoms with Gasteiger partial charge >= 0.3 is 0 Å². The monoisotopic (exact) mass is 214 g/mol. The second kappa shape index (κ2) is 5.64. The Morgan fingerprint density at radius 2 is 1.53 bits per heavy atom. The maximum Gasteiger partial charge on any atom is 0.135 e. The summed E-state index contributed by atoms with van der Waals surface area (Å²) in [6.07, 6.45) is 2.19. The van der Waals surface area contributed by atoms with Crippen molar-refractivity contribution < 1.29 is 9.53 Å². The van der Waals surface area contributed by atoms with Crippen molar-refractivity contribution in [2.75, 3.05) is 6.61 Å². The van der Waals surface area contributed by atoms with Crippen molar-refractivity contribution in [3.63, 3.8) is 0 Å². The fraction of sp³-hybridized carbons (Fsp3) is 0.923. The minimum Gasteiger partial charge on any atom is -0.375 e. The Labute approximate surface area is 94.4 Å². The molecule has 0 radical (unpaired) electrons. The summed E-state index contributed by atoms with van der Waals surface area (Å²) in [6.45, 7) is 13.0. The molecule has 0 aromatic rings. The minimum absolute atomic E-state index is 0.135. The maximum atomic E-state index is 11.5. The van der Waals surface area contributed by atoms with Crippen molar-refractivity contribution in [3.8, 4) is 0 Å². The van der Waals surface area contributed by atoms with E-state index in [1.54, 1.807) is 0 Å². The Hall–Kier alpha value is -0.370. The van der Waals surface area contributed by atoms with Gasteiger partial charge in [-0.05, 0) is 32.6 Å². The van der Waals surface area contributed by atoms with E-state index in [4.69, 9.17) is 4.74 Å². The van der Waals surface area contributed by atoms with Crippen molar-refractivity contribution in [3.05, 3.63) is 0 Å². The van der Waals surface area contributed by atoms with E-state index in [-0.39, 0.29) is 11.0 Å². The second-order valence-electron chi connectivity index (χ2n) is 6.31. The van der Waals surface area contributed by atoms with E-state index in [0.29, 0.717) is 25.2 Å². The summed E-state index contributed by atoms with van der Waals surface area (Å²) in [5, 5.41) is 0. The molecule has 2 heteroatoms. The van der Waals surface area contributed by atoms with Crippen molar-refractivity contribution in [1.29, 1.82) is 0 Å². The predicted molar refractivity (Wildman–Crippen MR) is 64.0 cm³/mol. The van der Waals surface area contributed by atoms with Gasteiger partial charge in [0, 0.05) is 12.8 Å². The number of hydrogen-bond acceptors (Lipinski definition) is 2. The van der Waals surface area contributed by atoms with Crippen LogP contribution in [0.5, 0.6) is 0 Å². The molecule has 0 fully saturated rings. The fourth-order valence-corrected chi connectivity index (χ4v) is 1.11. The molecule has 0 rings (SSSR count). The molecule has 0 N–H and O–H groups in total. The number of ether oxygens (including phenoxy) is 1. The van der Waals surface area contributed by atoms with Gasteiger partial charge in [0.15, 0.2) is 0 Å². The summed E-state index contributed by atoms with van der Waals surface area (Å²) < 4.78 is 5.51. The van der Waals surface area contributed by atoms with Crippen LogP contribution in [0.25, 0.3) is 0 Å². The first-order valence-electron chi connectivity index (χ1n) is 5.76. The normalized spacial score (nSPS) is 12.9. The van der Waals surface area contributed by atoms with Gasteiger partial charge in [-0.25, -0.2) is 0 Å². The topological polar surface area (TPSA) is 26.3 Å². The molecular formula is C13H26O2. The molecule has 0 atom stereocenters. The van der Waals surface area contributed by atoms with Crippen LogP contribution in [0.1, 0.15) is 60.8 Å². The Morgan fingerprint density at radius 3 is 1.93 bits per heavy atom. The predicted octanol–water partition coefficient (Wildman–Crippen LogP) is 3.59. The standard InChI is InChI=1S/C13H26O2/c1-12(2,3)9-7-11(14)8-10-15-13(4,5)6/h7-10H2,1-6H3.